The van der Waals surface area contributed by atoms with E-state index in [0.29, 0.717) is 25.9 Å². The van der Waals surface area contributed by atoms with E-state index in [-0.39, 0.29) is 11.7 Å². The Labute approximate surface area is 127 Å². The van der Waals surface area contributed by atoms with Gasteiger partial charge in [-0.2, -0.15) is 0 Å². The molecule has 22 heavy (non-hydrogen) atoms. The lowest BCUT2D eigenvalue weighted by Crippen LogP contribution is -2.33. The lowest BCUT2D eigenvalue weighted by Gasteiger charge is -2.20. The van der Waals surface area contributed by atoms with Gasteiger partial charge in [-0.25, -0.2) is 0 Å². The van der Waals surface area contributed by atoms with Crippen molar-refractivity contribution in [2.24, 2.45) is 0 Å². The molecular weight excluding hydrogens is 290 g/mol. The third kappa shape index (κ3) is 4.31. The summed E-state index contributed by atoms with van der Waals surface area (Å²) in [7, 11) is 0. The van der Waals surface area contributed by atoms with Gasteiger partial charge >= 0.3 is 5.88 Å². The molecule has 1 saturated heterocycles. The van der Waals surface area contributed by atoms with E-state index in [9.17, 15) is 19.7 Å². The number of rotatable bonds is 6. The second-order valence-electron chi connectivity index (χ2n) is 5.20. The smallest absolute Gasteiger partial charge is 0.395 e. The zero-order valence-electron chi connectivity index (χ0n) is 12.2. The van der Waals surface area contributed by atoms with Gasteiger partial charge in [0.1, 0.15) is 4.92 Å². The maximum Gasteiger partial charge on any atom is 0.433 e. The largest absolute Gasteiger partial charge is 0.433 e. The number of nitrogens with zero attached hydrogens (tertiary/aromatic N) is 2. The molecule has 0 aromatic carbocycles. The summed E-state index contributed by atoms with van der Waals surface area (Å²) in [5.74, 6) is -0.862. The first-order valence-electron chi connectivity index (χ1n) is 7.38. The zero-order valence-corrected chi connectivity index (χ0v) is 12.2. The van der Waals surface area contributed by atoms with Gasteiger partial charge in [-0.3, -0.25) is 19.7 Å². The maximum atomic E-state index is 11.8. The van der Waals surface area contributed by atoms with Crippen LogP contribution in [-0.2, 0) is 4.79 Å². The van der Waals surface area contributed by atoms with Gasteiger partial charge in [0.25, 0.3) is 5.91 Å². The van der Waals surface area contributed by atoms with Crippen LogP contribution in [0.5, 0.6) is 0 Å². The summed E-state index contributed by atoms with van der Waals surface area (Å²) in [6.07, 6.45) is 4.29. The van der Waals surface area contributed by atoms with E-state index in [1.54, 1.807) is 0 Å². The van der Waals surface area contributed by atoms with Crippen LogP contribution in [0.3, 0.4) is 0 Å². The highest BCUT2D eigenvalue weighted by molar-refractivity contribution is 5.91. The molecule has 1 aliphatic heterocycles. The highest BCUT2D eigenvalue weighted by Gasteiger charge is 2.18. The summed E-state index contributed by atoms with van der Waals surface area (Å²) in [5.41, 5.74) is 0. The molecule has 8 nitrogen and oxygen atoms in total. The van der Waals surface area contributed by atoms with Crippen molar-refractivity contribution in [3.8, 4) is 0 Å². The molecule has 1 fully saturated rings. The van der Waals surface area contributed by atoms with Crippen molar-refractivity contribution in [2.45, 2.75) is 32.1 Å². The molecule has 0 saturated carbocycles. The first-order chi connectivity index (χ1) is 10.6. The van der Waals surface area contributed by atoms with Gasteiger partial charge < -0.3 is 14.6 Å². The van der Waals surface area contributed by atoms with E-state index >= 15 is 0 Å². The minimum Gasteiger partial charge on any atom is -0.395 e. The van der Waals surface area contributed by atoms with Crippen molar-refractivity contribution < 1.29 is 18.9 Å². The molecule has 1 N–H and O–H groups in total. The average molecular weight is 309 g/mol. The molecule has 1 aliphatic rings. The van der Waals surface area contributed by atoms with Crippen molar-refractivity contribution in [3.63, 3.8) is 0 Å². The van der Waals surface area contributed by atoms with Crippen LogP contribution in [-0.4, -0.2) is 41.3 Å². The minimum atomic E-state index is -0.693. The van der Waals surface area contributed by atoms with E-state index in [2.05, 4.69) is 5.32 Å². The van der Waals surface area contributed by atoms with E-state index in [4.69, 9.17) is 4.42 Å². The normalized spacial score (nSPS) is 15.5. The highest BCUT2D eigenvalue weighted by atomic mass is 16.6. The van der Waals surface area contributed by atoms with Crippen LogP contribution in [0.1, 0.15) is 42.7 Å². The summed E-state index contributed by atoms with van der Waals surface area (Å²) >= 11 is 0. The second-order valence-corrected chi connectivity index (χ2v) is 5.20. The van der Waals surface area contributed by atoms with Gasteiger partial charge in [0.2, 0.25) is 5.91 Å². The Kier molecular flexibility index (Phi) is 5.51. The van der Waals surface area contributed by atoms with Crippen LogP contribution in [0.15, 0.2) is 16.5 Å². The molecule has 8 heteroatoms. The summed E-state index contributed by atoms with van der Waals surface area (Å²) in [4.78, 5) is 35.1. The summed E-state index contributed by atoms with van der Waals surface area (Å²) < 4.78 is 4.81. The monoisotopic (exact) mass is 309 g/mol. The number of amides is 2. The highest BCUT2D eigenvalue weighted by Crippen LogP contribution is 2.15. The van der Waals surface area contributed by atoms with Crippen LogP contribution in [0.4, 0.5) is 5.88 Å². The summed E-state index contributed by atoms with van der Waals surface area (Å²) in [5, 5.41) is 13.1. The van der Waals surface area contributed by atoms with Gasteiger partial charge in [-0.05, 0) is 25.3 Å². The first-order valence-corrected chi connectivity index (χ1v) is 7.38. The van der Waals surface area contributed by atoms with Crippen LogP contribution >= 0.6 is 0 Å². The number of likely N-dealkylation sites (tertiary alicyclic amines) is 1. The molecule has 0 unspecified atom stereocenters. The molecule has 2 rings (SSSR count). The van der Waals surface area contributed by atoms with Gasteiger partial charge in [0.05, 0.1) is 6.07 Å². The van der Waals surface area contributed by atoms with Crippen molar-refractivity contribution >= 4 is 17.7 Å². The maximum absolute atomic E-state index is 11.8. The summed E-state index contributed by atoms with van der Waals surface area (Å²) in [6.45, 7) is 1.77. The molecule has 2 heterocycles. The van der Waals surface area contributed by atoms with Crippen LogP contribution in [0, 0.1) is 10.1 Å². The van der Waals surface area contributed by atoms with Crippen molar-refractivity contribution in [1.29, 1.82) is 0 Å². The number of nitrogens with one attached hydrogen (secondary N) is 1. The molecule has 0 bridgehead atoms. The fraction of sp³-hybridized carbons (Fsp3) is 0.571. The number of hydrogen-bond donors (Lipinski definition) is 1. The molecular formula is C14H19N3O5. The van der Waals surface area contributed by atoms with Crippen molar-refractivity contribution in [3.05, 3.63) is 28.0 Å². The first kappa shape index (κ1) is 16.0. The molecule has 1 aromatic rings. The number of furan rings is 1. The van der Waals surface area contributed by atoms with E-state index in [0.717, 1.165) is 31.9 Å². The molecule has 0 spiro atoms. The average Bonchev–Trinajstić information content (AvgIpc) is 2.90. The Morgan fingerprint density at radius 2 is 2.18 bits per heavy atom. The van der Waals surface area contributed by atoms with Crippen molar-refractivity contribution in [2.75, 3.05) is 19.6 Å². The fourth-order valence-corrected chi connectivity index (χ4v) is 2.38. The van der Waals surface area contributed by atoms with Gasteiger partial charge in [0, 0.05) is 26.1 Å². The number of carbonyl (C=O) groups excluding carboxylic acids is 2. The lowest BCUT2D eigenvalue weighted by molar-refractivity contribution is -0.402. The van der Waals surface area contributed by atoms with Crippen LogP contribution in [0.25, 0.3) is 0 Å². The molecule has 0 aliphatic carbocycles. The summed E-state index contributed by atoms with van der Waals surface area (Å²) in [6, 6.07) is 2.41. The van der Waals surface area contributed by atoms with E-state index in [1.807, 2.05) is 4.90 Å². The molecule has 0 radical (unpaired) electrons. The minimum absolute atomic E-state index is 0.0856. The number of carbonyl (C=O) groups is 2. The van der Waals surface area contributed by atoms with Crippen LogP contribution < -0.4 is 5.32 Å². The molecule has 1 aromatic heterocycles. The lowest BCUT2D eigenvalue weighted by atomic mass is 10.2. The van der Waals surface area contributed by atoms with Gasteiger partial charge in [-0.15, -0.1) is 0 Å². The quantitative estimate of drug-likeness (QED) is 0.489. The Balaban J connectivity index is 1.72. The fourth-order valence-electron chi connectivity index (χ4n) is 2.38. The van der Waals surface area contributed by atoms with E-state index < -0.39 is 16.7 Å². The standard InChI is InChI=1S/C14H19N3O5/c18-12-5-2-1-3-9-16(12)10-4-8-15-14(19)11-6-7-13(22-11)17(20)21/h6-7H,1-5,8-10H2,(H,15,19). The van der Waals surface area contributed by atoms with Gasteiger partial charge in [-0.1, -0.05) is 6.42 Å². The molecule has 2 amide bonds. The predicted molar refractivity (Wildman–Crippen MR) is 77.4 cm³/mol. The third-order valence-corrected chi connectivity index (χ3v) is 3.56. The third-order valence-electron chi connectivity index (χ3n) is 3.56. The Bertz CT molecular complexity index is 554. The topological polar surface area (TPSA) is 106 Å². The van der Waals surface area contributed by atoms with Crippen molar-refractivity contribution in [1.82, 2.24) is 10.2 Å². The second kappa shape index (κ2) is 7.58. The Hall–Kier alpha value is -2.38. The van der Waals surface area contributed by atoms with Crippen LogP contribution in [0.2, 0.25) is 0 Å². The number of hydrogen-bond acceptors (Lipinski definition) is 5. The van der Waals surface area contributed by atoms with E-state index in [1.165, 1.54) is 6.07 Å². The molecule has 120 valence electrons. The van der Waals surface area contributed by atoms with Gasteiger partial charge in [0.15, 0.2) is 5.76 Å². The Morgan fingerprint density at radius 3 is 2.91 bits per heavy atom. The SMILES string of the molecule is O=C(NCCCN1CCCCCC1=O)c1ccc([N+](=O)[O-])o1. The molecule has 0 atom stereocenters. The Morgan fingerprint density at radius 1 is 1.36 bits per heavy atom. The zero-order chi connectivity index (χ0) is 15.9. The predicted octanol–water partition coefficient (Wildman–Crippen LogP) is 1.71. The number of nitro groups is 1.